The van der Waals surface area contributed by atoms with Gasteiger partial charge in [0.15, 0.2) is 0 Å². The smallest absolute Gasteiger partial charge is 0.150 e. The minimum atomic E-state index is -0.883. The second kappa shape index (κ2) is 26.1. The van der Waals surface area contributed by atoms with Gasteiger partial charge >= 0.3 is 0 Å². The molecule has 0 N–H and O–H groups in total. The molecule has 482 valence electrons. The Kier molecular flexibility index (Phi) is 16.3. The van der Waals surface area contributed by atoms with Crippen LogP contribution in [0.5, 0.6) is 11.5 Å². The molecule has 16 rings (SSSR count). The largest absolute Gasteiger partial charge is 0.490 e. The van der Waals surface area contributed by atoms with Gasteiger partial charge in [0.25, 0.3) is 0 Å². The van der Waals surface area contributed by atoms with Gasteiger partial charge in [-0.3, -0.25) is 0 Å². The van der Waals surface area contributed by atoms with Crippen molar-refractivity contribution in [1.82, 2.24) is 0 Å². The molecule has 8 heteroatoms. The van der Waals surface area contributed by atoms with Gasteiger partial charge in [0.2, 0.25) is 0 Å². The van der Waals surface area contributed by atoms with Crippen molar-refractivity contribution in [2.75, 3.05) is 23.0 Å². The van der Waals surface area contributed by atoms with Crippen molar-refractivity contribution in [3.05, 3.63) is 421 Å². The Morgan fingerprint density at radius 1 is 0.280 bits per heavy atom. The second-order valence-corrected chi connectivity index (χ2v) is 25.1. The molecular formula is C92H64F4N2O2. The molecule has 2 aliphatic rings. The van der Waals surface area contributed by atoms with Gasteiger partial charge in [-0.25, -0.2) is 17.6 Å². The molecule has 2 atom stereocenters. The molecule has 0 radical (unpaired) electrons. The molecule has 0 bridgehead atoms. The van der Waals surface area contributed by atoms with Crippen LogP contribution >= 0.6 is 0 Å². The third-order valence-electron chi connectivity index (χ3n) is 19.6. The fraction of sp³-hybridized carbons (Fsp3) is 0.0435. The van der Waals surface area contributed by atoms with Crippen molar-refractivity contribution < 1.29 is 27.0 Å². The van der Waals surface area contributed by atoms with Crippen molar-refractivity contribution in [2.24, 2.45) is 0 Å². The van der Waals surface area contributed by atoms with Gasteiger partial charge < -0.3 is 19.3 Å². The number of benzene rings is 14. The fourth-order valence-electron chi connectivity index (χ4n) is 15.2. The number of anilines is 6. The average molecular weight is 1310 g/mol. The summed E-state index contributed by atoms with van der Waals surface area (Å²) in [4.78, 5) is 3.68. The summed E-state index contributed by atoms with van der Waals surface area (Å²) in [6.45, 7) is 8.43. The van der Waals surface area contributed by atoms with Gasteiger partial charge in [-0.1, -0.05) is 232 Å². The molecule has 100 heavy (non-hydrogen) atoms. The van der Waals surface area contributed by atoms with Gasteiger partial charge in [0.05, 0.1) is 22.2 Å². The number of halogens is 4. The summed E-state index contributed by atoms with van der Waals surface area (Å²) in [5.41, 5.74) is 19.4. The first kappa shape index (κ1) is 62.3. The first-order chi connectivity index (χ1) is 49.1. The first-order valence-electron chi connectivity index (χ1n) is 33.3. The van der Waals surface area contributed by atoms with Crippen LogP contribution in [0.15, 0.2) is 353 Å². The van der Waals surface area contributed by atoms with Gasteiger partial charge in [-0.15, -0.1) is 0 Å². The van der Waals surface area contributed by atoms with E-state index in [-0.39, 0.29) is 11.4 Å². The summed E-state index contributed by atoms with van der Waals surface area (Å²) in [6.07, 6.45) is 3.45. The minimum Gasteiger partial charge on any atom is -0.490 e. The van der Waals surface area contributed by atoms with E-state index >= 15 is 17.6 Å². The molecule has 0 aliphatic heterocycles. The molecule has 2 unspecified atom stereocenters. The molecule has 14 aromatic carbocycles. The zero-order valence-electron chi connectivity index (χ0n) is 54.4. The summed E-state index contributed by atoms with van der Waals surface area (Å²) in [5.74, 6) is -1.45. The average Bonchev–Trinajstić information content (AvgIpc) is 1.54. The van der Waals surface area contributed by atoms with E-state index in [2.05, 4.69) is 171 Å². The molecule has 2 aliphatic carbocycles. The van der Waals surface area contributed by atoms with E-state index in [9.17, 15) is 0 Å². The highest BCUT2D eigenvalue weighted by atomic mass is 19.1. The van der Waals surface area contributed by atoms with Crippen LogP contribution in [0.25, 0.3) is 55.6 Å². The Bertz CT molecular complexity index is 5040. The normalized spacial score (nSPS) is 14.6. The highest BCUT2D eigenvalue weighted by Crippen LogP contribution is 2.60. The monoisotopic (exact) mass is 1300 g/mol. The second-order valence-electron chi connectivity index (χ2n) is 25.1. The quantitative estimate of drug-likeness (QED) is 0.0595. The molecule has 0 saturated heterocycles. The third kappa shape index (κ3) is 10.8. The Morgan fingerprint density at radius 3 is 0.930 bits per heavy atom. The predicted octanol–water partition coefficient (Wildman–Crippen LogP) is 24.0. The topological polar surface area (TPSA) is 24.9 Å². The van der Waals surface area contributed by atoms with Crippen LogP contribution < -0.4 is 19.3 Å². The number of ether oxygens (including phenoxy) is 2. The van der Waals surface area contributed by atoms with Gasteiger partial charge in [-0.2, -0.15) is 0 Å². The lowest BCUT2D eigenvalue weighted by Crippen LogP contribution is -2.29. The molecule has 0 aromatic heterocycles. The summed E-state index contributed by atoms with van der Waals surface area (Å²) < 4.78 is 75.8. The van der Waals surface area contributed by atoms with Crippen LogP contribution in [0.1, 0.15) is 44.5 Å². The standard InChI is InChI=1S/C92H64F4N2O2/c1-3-53-99-77-43-31-69(32-44-77)91(67-21-13-7-14-22-67)83-55-65(61-17-9-5-10-18-61)29-47-79(83)81-49-41-75(59-85(81)91)97(89-51-35-71(93)57-87(89)95)73-37-25-63(26-38-73)64-27-39-74(40-28-64)98(90-52-36-72(94)58-88(90)96)76-42-50-82-80-48-30-66(62-19-11-6-12-20-62)56-84(80)92(86(82)60-76,68-23-15-8-16-24-68)70-33-45-78(46-34-70)100-54-4-2/h3-52,55-60H,1-2,53-54H2. The summed E-state index contributed by atoms with van der Waals surface area (Å²) >= 11 is 0. The van der Waals surface area contributed by atoms with Crippen LogP contribution in [0, 0.1) is 23.3 Å². The van der Waals surface area contributed by atoms with Crippen molar-refractivity contribution in [2.45, 2.75) is 10.8 Å². The highest BCUT2D eigenvalue weighted by Gasteiger charge is 2.49. The van der Waals surface area contributed by atoms with E-state index < -0.39 is 34.1 Å². The Hall–Kier alpha value is -12.5. The number of rotatable bonds is 19. The SMILES string of the molecule is C=CCOc1ccc(C2(c3ccccc3)c3cc(-c4ccccc4)ccc3-c3ccc(N(c4ccc(-c5ccc(N(c6ccc7c(c6)C(c6ccccc6)(c6ccc(OCC=C)cc6)c6cc(-c8ccccc8)ccc6-7)c6ccc(F)cc6F)cc5)cc4)c4ccc(F)cc4F)cc32)cc1. The first-order valence-corrected chi connectivity index (χ1v) is 33.3. The molecule has 0 fully saturated rings. The maximum Gasteiger partial charge on any atom is 0.150 e. The van der Waals surface area contributed by atoms with Crippen molar-refractivity contribution in [1.29, 1.82) is 0 Å². The summed E-state index contributed by atoms with van der Waals surface area (Å²) in [6, 6.07) is 107. The Morgan fingerprint density at radius 2 is 0.580 bits per heavy atom. The Balaban J connectivity index is 0.805. The molecule has 0 heterocycles. The van der Waals surface area contributed by atoms with Crippen LogP contribution in [0.2, 0.25) is 0 Å². The lowest BCUT2D eigenvalue weighted by atomic mass is 9.67. The molecule has 0 amide bonds. The van der Waals surface area contributed by atoms with E-state index in [0.717, 1.165) is 112 Å². The van der Waals surface area contributed by atoms with Gasteiger partial charge in [-0.05, 0) is 209 Å². The maximum atomic E-state index is 16.8. The molecular weight excluding hydrogens is 1240 g/mol. The van der Waals surface area contributed by atoms with Crippen LogP contribution in [0.3, 0.4) is 0 Å². The number of hydrogen-bond donors (Lipinski definition) is 0. The lowest BCUT2D eigenvalue weighted by Gasteiger charge is -2.35. The van der Waals surface area contributed by atoms with E-state index in [1.165, 1.54) is 24.3 Å². The van der Waals surface area contributed by atoms with Crippen LogP contribution in [0.4, 0.5) is 51.7 Å². The summed E-state index contributed by atoms with van der Waals surface area (Å²) in [7, 11) is 0. The number of hydrogen-bond acceptors (Lipinski definition) is 4. The zero-order chi connectivity index (χ0) is 67.9. The van der Waals surface area contributed by atoms with E-state index in [0.29, 0.717) is 47.5 Å². The third-order valence-corrected chi connectivity index (χ3v) is 19.6. The summed E-state index contributed by atoms with van der Waals surface area (Å²) in [5, 5.41) is 0. The maximum absolute atomic E-state index is 16.8. The number of fused-ring (bicyclic) bond motifs is 6. The number of nitrogens with zero attached hydrogens (tertiary/aromatic N) is 2. The van der Waals surface area contributed by atoms with Crippen molar-refractivity contribution in [3.8, 4) is 67.1 Å². The van der Waals surface area contributed by atoms with Crippen molar-refractivity contribution >= 4 is 34.1 Å². The minimum absolute atomic E-state index is 0.155. The van der Waals surface area contributed by atoms with E-state index in [1.807, 2.05) is 143 Å². The zero-order valence-corrected chi connectivity index (χ0v) is 54.4. The molecule has 14 aromatic rings. The van der Waals surface area contributed by atoms with Gasteiger partial charge in [0.1, 0.15) is 48.0 Å². The van der Waals surface area contributed by atoms with Crippen LogP contribution in [-0.4, -0.2) is 13.2 Å². The highest BCUT2D eigenvalue weighted by molar-refractivity contribution is 5.94. The molecule has 0 saturated carbocycles. The predicted molar refractivity (Wildman–Crippen MR) is 398 cm³/mol. The fourth-order valence-corrected chi connectivity index (χ4v) is 15.2. The Labute approximate surface area is 579 Å². The lowest BCUT2D eigenvalue weighted by molar-refractivity contribution is 0.363. The van der Waals surface area contributed by atoms with E-state index in [4.69, 9.17) is 9.47 Å². The van der Waals surface area contributed by atoms with Crippen molar-refractivity contribution in [3.63, 3.8) is 0 Å². The van der Waals surface area contributed by atoms with E-state index in [1.54, 1.807) is 12.2 Å². The van der Waals surface area contributed by atoms with Crippen LogP contribution in [-0.2, 0) is 10.8 Å². The molecule has 0 spiro atoms. The van der Waals surface area contributed by atoms with Gasteiger partial charge in [0, 0.05) is 34.9 Å². The molecule has 4 nitrogen and oxygen atoms in total.